The number of carbonyl (C=O) groups is 1. The molecule has 1 atom stereocenters. The zero-order valence-corrected chi connectivity index (χ0v) is 15.9. The lowest BCUT2D eigenvalue weighted by Gasteiger charge is -2.17. The summed E-state index contributed by atoms with van der Waals surface area (Å²) in [6.45, 7) is 2.55. The van der Waals surface area contributed by atoms with Crippen LogP contribution < -0.4 is 15.8 Å². The van der Waals surface area contributed by atoms with Gasteiger partial charge in [0.1, 0.15) is 11.0 Å². The molecule has 1 amide bonds. The number of nitrogen functional groups attached to an aromatic ring is 1. The highest BCUT2D eigenvalue weighted by Gasteiger charge is 2.22. The first-order valence-electron chi connectivity index (χ1n) is 8.76. The molecule has 3 rings (SSSR count). The lowest BCUT2D eigenvalue weighted by molar-refractivity contribution is -0.115. The number of hydrogen-bond donors (Lipinski definition) is 2. The Kier molecular flexibility index (Phi) is 6.39. The molecule has 0 radical (unpaired) electrons. The minimum atomic E-state index is -0.389. The van der Waals surface area contributed by atoms with Gasteiger partial charge in [0.15, 0.2) is 0 Å². The molecule has 0 saturated heterocycles. The summed E-state index contributed by atoms with van der Waals surface area (Å²) in [6.07, 6.45) is 0. The highest BCUT2D eigenvalue weighted by atomic mass is 32.2. The summed E-state index contributed by atoms with van der Waals surface area (Å²) < 4.78 is 5.44. The summed E-state index contributed by atoms with van der Waals surface area (Å²) in [5.74, 6) is 0.696. The fourth-order valence-electron chi connectivity index (χ4n) is 2.63. The Labute approximate surface area is 163 Å². The molecular weight excluding hydrogens is 356 g/mol. The first-order chi connectivity index (χ1) is 13.2. The average Bonchev–Trinajstić information content (AvgIpc) is 2.68. The van der Waals surface area contributed by atoms with Crippen molar-refractivity contribution in [3.05, 3.63) is 84.4 Å². The smallest absolute Gasteiger partial charge is 0.242 e. The minimum Gasteiger partial charge on any atom is -0.494 e. The fourth-order valence-corrected chi connectivity index (χ4v) is 3.73. The number of anilines is 2. The van der Waals surface area contributed by atoms with Crippen LogP contribution in [0.15, 0.2) is 83.8 Å². The second-order valence-corrected chi connectivity index (χ2v) is 7.11. The zero-order chi connectivity index (χ0) is 19.1. The summed E-state index contributed by atoms with van der Waals surface area (Å²) in [5, 5.41) is 2.61. The topological polar surface area (TPSA) is 64.3 Å². The lowest BCUT2D eigenvalue weighted by atomic mass is 10.1. The Hall–Kier alpha value is -2.92. The molecular formula is C22H22N2O2S. The van der Waals surface area contributed by atoms with Gasteiger partial charge in [-0.2, -0.15) is 0 Å². The number of nitrogens with one attached hydrogen (secondary N) is 1. The van der Waals surface area contributed by atoms with Gasteiger partial charge in [-0.25, -0.2) is 0 Å². The minimum absolute atomic E-state index is 0.0854. The normalized spacial score (nSPS) is 11.6. The monoisotopic (exact) mass is 378 g/mol. The Morgan fingerprint density at radius 3 is 2.44 bits per heavy atom. The van der Waals surface area contributed by atoms with Crippen LogP contribution in [0.5, 0.6) is 5.75 Å². The molecule has 0 bridgehead atoms. The predicted octanol–water partition coefficient (Wildman–Crippen LogP) is 5.14. The number of nitrogens with two attached hydrogens (primary N) is 1. The first-order valence-corrected chi connectivity index (χ1v) is 9.64. The van der Waals surface area contributed by atoms with E-state index in [-0.39, 0.29) is 11.2 Å². The van der Waals surface area contributed by atoms with Gasteiger partial charge < -0.3 is 15.8 Å². The van der Waals surface area contributed by atoms with E-state index in [4.69, 9.17) is 10.5 Å². The van der Waals surface area contributed by atoms with Gasteiger partial charge >= 0.3 is 0 Å². The van der Waals surface area contributed by atoms with Gasteiger partial charge in [-0.15, -0.1) is 11.8 Å². The van der Waals surface area contributed by atoms with E-state index in [1.165, 1.54) is 11.8 Å². The summed E-state index contributed by atoms with van der Waals surface area (Å²) >= 11 is 1.48. The highest BCUT2D eigenvalue weighted by molar-refractivity contribution is 8.00. The number of hydrogen-bond acceptors (Lipinski definition) is 4. The predicted molar refractivity (Wildman–Crippen MR) is 112 cm³/mol. The fraction of sp³-hybridized carbons (Fsp3) is 0.136. The molecule has 0 aliphatic heterocycles. The van der Waals surface area contributed by atoms with Gasteiger partial charge in [0.25, 0.3) is 0 Å². The van der Waals surface area contributed by atoms with Gasteiger partial charge in [-0.1, -0.05) is 36.4 Å². The van der Waals surface area contributed by atoms with Gasteiger partial charge in [0.05, 0.1) is 6.61 Å². The largest absolute Gasteiger partial charge is 0.494 e. The molecule has 5 heteroatoms. The SMILES string of the molecule is CCOc1ccc(NC(=O)C(Sc2cccc(N)c2)c2ccccc2)cc1. The number of benzene rings is 3. The van der Waals surface area contributed by atoms with Crippen molar-refractivity contribution >= 4 is 29.0 Å². The third kappa shape index (κ3) is 5.28. The number of thioether (sulfide) groups is 1. The molecule has 0 fully saturated rings. The standard InChI is InChI=1S/C22H22N2O2S/c1-2-26-19-13-11-18(12-14-19)24-22(25)21(16-7-4-3-5-8-16)27-20-10-6-9-17(23)15-20/h3-15,21H,2,23H2,1H3,(H,24,25). The summed E-state index contributed by atoms with van der Waals surface area (Å²) in [5.41, 5.74) is 8.24. The molecule has 3 aromatic carbocycles. The van der Waals surface area contributed by atoms with Crippen molar-refractivity contribution in [3.8, 4) is 5.75 Å². The molecule has 4 nitrogen and oxygen atoms in total. The lowest BCUT2D eigenvalue weighted by Crippen LogP contribution is -2.19. The van der Waals surface area contributed by atoms with Crippen molar-refractivity contribution in [1.29, 1.82) is 0 Å². The molecule has 0 aromatic heterocycles. The summed E-state index contributed by atoms with van der Waals surface area (Å²) in [7, 11) is 0. The third-order valence-electron chi connectivity index (χ3n) is 3.89. The summed E-state index contributed by atoms with van der Waals surface area (Å²) in [6, 6.07) is 24.7. The van der Waals surface area contributed by atoms with Gasteiger partial charge in [0, 0.05) is 16.3 Å². The molecule has 0 spiro atoms. The van der Waals surface area contributed by atoms with Crippen LogP contribution in [0.25, 0.3) is 0 Å². The van der Waals surface area contributed by atoms with Crippen LogP contribution in [0.1, 0.15) is 17.7 Å². The van der Waals surface area contributed by atoms with Crippen LogP contribution in [-0.2, 0) is 4.79 Å². The number of amides is 1. The van der Waals surface area contributed by atoms with Crippen LogP contribution in [0.2, 0.25) is 0 Å². The molecule has 138 valence electrons. The zero-order valence-electron chi connectivity index (χ0n) is 15.1. The van der Waals surface area contributed by atoms with E-state index in [0.717, 1.165) is 21.9 Å². The van der Waals surface area contributed by atoms with Gasteiger partial charge in [-0.05, 0) is 55.0 Å². The van der Waals surface area contributed by atoms with E-state index in [2.05, 4.69) is 5.32 Å². The molecule has 3 aromatic rings. The highest BCUT2D eigenvalue weighted by Crippen LogP contribution is 2.37. The van der Waals surface area contributed by atoms with Crippen LogP contribution in [-0.4, -0.2) is 12.5 Å². The molecule has 0 aliphatic carbocycles. The second kappa shape index (κ2) is 9.14. The van der Waals surface area contributed by atoms with Crippen molar-refractivity contribution in [2.24, 2.45) is 0 Å². The van der Waals surface area contributed by atoms with E-state index in [9.17, 15) is 4.79 Å². The molecule has 0 heterocycles. The van der Waals surface area contributed by atoms with Crippen molar-refractivity contribution in [1.82, 2.24) is 0 Å². The number of rotatable bonds is 7. The van der Waals surface area contributed by atoms with E-state index in [1.54, 1.807) is 0 Å². The first kappa shape index (κ1) is 18.9. The van der Waals surface area contributed by atoms with Gasteiger partial charge in [0.2, 0.25) is 5.91 Å². The summed E-state index contributed by atoms with van der Waals surface area (Å²) in [4.78, 5) is 14.0. The van der Waals surface area contributed by atoms with E-state index < -0.39 is 0 Å². The van der Waals surface area contributed by atoms with Crippen molar-refractivity contribution in [2.75, 3.05) is 17.7 Å². The van der Waals surface area contributed by atoms with Crippen LogP contribution in [0, 0.1) is 0 Å². The molecule has 1 unspecified atom stereocenters. The van der Waals surface area contributed by atoms with Crippen molar-refractivity contribution in [2.45, 2.75) is 17.1 Å². The van der Waals surface area contributed by atoms with Crippen LogP contribution >= 0.6 is 11.8 Å². The molecule has 0 saturated carbocycles. The maximum atomic E-state index is 13.0. The van der Waals surface area contributed by atoms with Crippen molar-refractivity contribution < 1.29 is 9.53 Å². The maximum Gasteiger partial charge on any atom is 0.242 e. The van der Waals surface area contributed by atoms with Crippen LogP contribution in [0.3, 0.4) is 0 Å². The Balaban J connectivity index is 1.80. The van der Waals surface area contributed by atoms with Gasteiger partial charge in [-0.3, -0.25) is 4.79 Å². The Morgan fingerprint density at radius 1 is 1.04 bits per heavy atom. The number of ether oxygens (including phenoxy) is 1. The molecule has 3 N–H and O–H groups in total. The third-order valence-corrected chi connectivity index (χ3v) is 5.13. The Bertz CT molecular complexity index is 882. The number of carbonyl (C=O) groups excluding carboxylic acids is 1. The van der Waals surface area contributed by atoms with E-state index in [0.29, 0.717) is 12.3 Å². The van der Waals surface area contributed by atoms with Crippen LogP contribution in [0.4, 0.5) is 11.4 Å². The Morgan fingerprint density at radius 2 is 1.78 bits per heavy atom. The van der Waals surface area contributed by atoms with E-state index >= 15 is 0 Å². The van der Waals surface area contributed by atoms with Crippen molar-refractivity contribution in [3.63, 3.8) is 0 Å². The second-order valence-electron chi connectivity index (χ2n) is 5.93. The van der Waals surface area contributed by atoms with E-state index in [1.807, 2.05) is 85.8 Å². The maximum absolute atomic E-state index is 13.0. The quantitative estimate of drug-likeness (QED) is 0.441. The average molecular weight is 378 g/mol. The molecule has 0 aliphatic rings. The molecule has 27 heavy (non-hydrogen) atoms.